The fourth-order valence-electron chi connectivity index (χ4n) is 3.65. The van der Waals surface area contributed by atoms with Gasteiger partial charge in [-0.05, 0) is 43.2 Å². The van der Waals surface area contributed by atoms with Crippen LogP contribution < -0.4 is 4.74 Å². The van der Waals surface area contributed by atoms with Gasteiger partial charge >= 0.3 is 0 Å². The van der Waals surface area contributed by atoms with Gasteiger partial charge in [0.25, 0.3) is 0 Å². The van der Waals surface area contributed by atoms with Crippen LogP contribution in [0.4, 0.5) is 0 Å². The molecule has 4 rings (SSSR count). The molecule has 1 N–H and O–H groups in total. The Kier molecular flexibility index (Phi) is 5.63. The Labute approximate surface area is 171 Å². The van der Waals surface area contributed by atoms with E-state index in [0.29, 0.717) is 6.54 Å². The Hall–Kier alpha value is -3.11. The van der Waals surface area contributed by atoms with Gasteiger partial charge in [-0.25, -0.2) is 4.98 Å². The second-order valence-electron chi connectivity index (χ2n) is 7.52. The van der Waals surface area contributed by atoms with Crippen molar-refractivity contribution in [2.24, 2.45) is 0 Å². The Morgan fingerprint density at radius 1 is 0.966 bits per heavy atom. The topological polar surface area (TPSA) is 47.3 Å². The lowest BCUT2D eigenvalue weighted by Crippen LogP contribution is -2.25. The summed E-state index contributed by atoms with van der Waals surface area (Å²) in [6.07, 6.45) is 0.0861. The van der Waals surface area contributed by atoms with E-state index in [9.17, 15) is 5.11 Å². The number of benzene rings is 3. The van der Waals surface area contributed by atoms with E-state index in [1.165, 1.54) is 11.1 Å². The standard InChI is InChI=1S/C25H26N2O2/c1-18-12-13-24(19(2)14-18)29-17-21(28)16-27-23-11-7-6-10-22(23)26-25(27)15-20-8-4-3-5-9-20/h3-14,21,28H,15-17H2,1-2H3. The highest BCUT2D eigenvalue weighted by atomic mass is 16.5. The van der Waals surface area contributed by atoms with E-state index in [1.807, 2.05) is 55.5 Å². The molecule has 1 unspecified atom stereocenters. The summed E-state index contributed by atoms with van der Waals surface area (Å²) in [5.74, 6) is 1.76. The molecular weight excluding hydrogens is 360 g/mol. The lowest BCUT2D eigenvalue weighted by Gasteiger charge is -2.17. The van der Waals surface area contributed by atoms with Crippen molar-refractivity contribution in [3.8, 4) is 5.75 Å². The summed E-state index contributed by atoms with van der Waals surface area (Å²) < 4.78 is 8.00. The van der Waals surface area contributed by atoms with Gasteiger partial charge in [0.1, 0.15) is 24.3 Å². The predicted molar refractivity (Wildman–Crippen MR) is 116 cm³/mol. The number of hydrogen-bond acceptors (Lipinski definition) is 3. The molecule has 0 aliphatic carbocycles. The fourth-order valence-corrected chi connectivity index (χ4v) is 3.65. The number of aliphatic hydroxyl groups excluding tert-OH is 1. The molecule has 1 heterocycles. The highest BCUT2D eigenvalue weighted by molar-refractivity contribution is 5.76. The molecular formula is C25H26N2O2. The van der Waals surface area contributed by atoms with E-state index in [0.717, 1.165) is 34.6 Å². The predicted octanol–water partition coefficient (Wildman–Crippen LogP) is 4.68. The van der Waals surface area contributed by atoms with Crippen molar-refractivity contribution < 1.29 is 9.84 Å². The molecule has 4 aromatic rings. The Bertz CT molecular complexity index is 1100. The summed E-state index contributed by atoms with van der Waals surface area (Å²) in [6, 6.07) is 24.4. The zero-order valence-electron chi connectivity index (χ0n) is 16.9. The van der Waals surface area contributed by atoms with Crippen LogP contribution in [0.2, 0.25) is 0 Å². The summed E-state index contributed by atoms with van der Waals surface area (Å²) in [4.78, 5) is 4.81. The normalized spacial score (nSPS) is 12.2. The van der Waals surface area contributed by atoms with E-state index in [1.54, 1.807) is 0 Å². The summed E-state index contributed by atoms with van der Waals surface area (Å²) in [7, 11) is 0. The van der Waals surface area contributed by atoms with Crippen LogP contribution in [0.1, 0.15) is 22.5 Å². The maximum absolute atomic E-state index is 10.7. The summed E-state index contributed by atoms with van der Waals surface area (Å²) in [5.41, 5.74) is 5.45. The largest absolute Gasteiger partial charge is 0.491 e. The second kappa shape index (κ2) is 8.50. The van der Waals surface area contributed by atoms with Crippen LogP contribution in [0.5, 0.6) is 5.75 Å². The maximum Gasteiger partial charge on any atom is 0.122 e. The monoisotopic (exact) mass is 386 g/mol. The molecule has 4 nitrogen and oxygen atoms in total. The van der Waals surface area contributed by atoms with E-state index in [2.05, 4.69) is 35.8 Å². The fraction of sp³-hybridized carbons (Fsp3) is 0.240. The summed E-state index contributed by atoms with van der Waals surface area (Å²) >= 11 is 0. The van der Waals surface area contributed by atoms with Crippen molar-refractivity contribution in [1.82, 2.24) is 9.55 Å². The minimum absolute atomic E-state index is 0.237. The molecule has 0 saturated heterocycles. The van der Waals surface area contributed by atoms with Crippen LogP contribution in [0, 0.1) is 13.8 Å². The van der Waals surface area contributed by atoms with Crippen LogP contribution in [-0.2, 0) is 13.0 Å². The molecule has 0 radical (unpaired) electrons. The van der Waals surface area contributed by atoms with Gasteiger partial charge in [-0.3, -0.25) is 0 Å². The van der Waals surface area contributed by atoms with Gasteiger partial charge in [0.15, 0.2) is 0 Å². The number of aliphatic hydroxyl groups is 1. The van der Waals surface area contributed by atoms with Gasteiger partial charge in [0, 0.05) is 6.42 Å². The molecule has 0 aliphatic rings. The van der Waals surface area contributed by atoms with Gasteiger partial charge in [-0.2, -0.15) is 0 Å². The smallest absolute Gasteiger partial charge is 0.122 e. The van der Waals surface area contributed by atoms with Gasteiger partial charge in [0.05, 0.1) is 17.6 Å². The average Bonchev–Trinajstić information content (AvgIpc) is 3.05. The van der Waals surface area contributed by atoms with Gasteiger partial charge in [-0.15, -0.1) is 0 Å². The van der Waals surface area contributed by atoms with Crippen LogP contribution in [0.3, 0.4) is 0 Å². The van der Waals surface area contributed by atoms with Gasteiger partial charge in [-0.1, -0.05) is 60.2 Å². The average molecular weight is 386 g/mol. The molecule has 4 heteroatoms. The van der Waals surface area contributed by atoms with Crippen molar-refractivity contribution in [2.75, 3.05) is 6.61 Å². The number of para-hydroxylation sites is 2. The number of rotatable bonds is 7. The zero-order chi connectivity index (χ0) is 20.2. The highest BCUT2D eigenvalue weighted by Crippen LogP contribution is 2.21. The second-order valence-corrected chi connectivity index (χ2v) is 7.52. The van der Waals surface area contributed by atoms with Gasteiger partial charge < -0.3 is 14.4 Å². The molecule has 0 saturated carbocycles. The van der Waals surface area contributed by atoms with E-state index < -0.39 is 6.10 Å². The molecule has 0 aliphatic heterocycles. The molecule has 148 valence electrons. The number of hydrogen-bond donors (Lipinski definition) is 1. The Balaban J connectivity index is 1.53. The number of ether oxygens (including phenoxy) is 1. The number of imidazole rings is 1. The van der Waals surface area contributed by atoms with E-state index in [4.69, 9.17) is 9.72 Å². The highest BCUT2D eigenvalue weighted by Gasteiger charge is 2.15. The van der Waals surface area contributed by atoms with E-state index >= 15 is 0 Å². The van der Waals surface area contributed by atoms with Crippen LogP contribution >= 0.6 is 0 Å². The quantitative estimate of drug-likeness (QED) is 0.501. The van der Waals surface area contributed by atoms with Crippen molar-refractivity contribution in [3.05, 3.63) is 95.3 Å². The first-order chi connectivity index (χ1) is 14.1. The Morgan fingerprint density at radius 2 is 1.72 bits per heavy atom. The number of nitrogens with zero attached hydrogens (tertiary/aromatic N) is 2. The molecule has 1 aromatic heterocycles. The molecule has 3 aromatic carbocycles. The first-order valence-corrected chi connectivity index (χ1v) is 9.96. The molecule has 1 atom stereocenters. The third kappa shape index (κ3) is 4.49. The summed E-state index contributed by atoms with van der Waals surface area (Å²) in [6.45, 7) is 4.76. The third-order valence-corrected chi connectivity index (χ3v) is 5.09. The Morgan fingerprint density at radius 3 is 2.52 bits per heavy atom. The number of fused-ring (bicyclic) bond motifs is 1. The van der Waals surface area contributed by atoms with Crippen LogP contribution in [-0.4, -0.2) is 27.4 Å². The first-order valence-electron chi connectivity index (χ1n) is 9.96. The van der Waals surface area contributed by atoms with Gasteiger partial charge in [0.2, 0.25) is 0 Å². The van der Waals surface area contributed by atoms with Crippen molar-refractivity contribution in [1.29, 1.82) is 0 Å². The maximum atomic E-state index is 10.7. The third-order valence-electron chi connectivity index (χ3n) is 5.09. The zero-order valence-corrected chi connectivity index (χ0v) is 16.9. The molecule has 0 bridgehead atoms. The molecule has 0 spiro atoms. The number of aromatic nitrogens is 2. The van der Waals surface area contributed by atoms with E-state index in [-0.39, 0.29) is 6.61 Å². The number of aryl methyl sites for hydroxylation is 2. The SMILES string of the molecule is Cc1ccc(OCC(O)Cn2c(Cc3ccccc3)nc3ccccc32)c(C)c1. The lowest BCUT2D eigenvalue weighted by molar-refractivity contribution is 0.0925. The van der Waals surface area contributed by atoms with Crippen LogP contribution in [0.25, 0.3) is 11.0 Å². The lowest BCUT2D eigenvalue weighted by atomic mass is 10.1. The van der Waals surface area contributed by atoms with Crippen molar-refractivity contribution in [3.63, 3.8) is 0 Å². The first kappa shape index (κ1) is 19.2. The van der Waals surface area contributed by atoms with Crippen LogP contribution in [0.15, 0.2) is 72.8 Å². The minimum atomic E-state index is -0.636. The van der Waals surface area contributed by atoms with Crippen molar-refractivity contribution >= 4 is 11.0 Å². The molecule has 0 amide bonds. The minimum Gasteiger partial charge on any atom is -0.491 e. The van der Waals surface area contributed by atoms with Crippen molar-refractivity contribution in [2.45, 2.75) is 32.9 Å². The summed E-state index contributed by atoms with van der Waals surface area (Å²) in [5, 5.41) is 10.7. The molecule has 0 fully saturated rings. The molecule has 29 heavy (non-hydrogen) atoms.